The van der Waals surface area contributed by atoms with Gasteiger partial charge in [0, 0.05) is 12.5 Å². The van der Waals surface area contributed by atoms with Crippen LogP contribution in [0.2, 0.25) is 0 Å². The Morgan fingerprint density at radius 1 is 1.30 bits per heavy atom. The number of hydrogen-bond donors (Lipinski definition) is 2. The molecule has 1 heterocycles. The number of hydrogen-bond acceptors (Lipinski definition) is 4. The fourth-order valence-corrected chi connectivity index (χ4v) is 2.43. The summed E-state index contributed by atoms with van der Waals surface area (Å²) in [5.41, 5.74) is 6.59. The van der Waals surface area contributed by atoms with Crippen molar-refractivity contribution in [2.24, 2.45) is 5.84 Å². The molecule has 0 saturated carbocycles. The Hall–Kier alpha value is -1.72. The van der Waals surface area contributed by atoms with Gasteiger partial charge in [-0.05, 0) is 38.8 Å². The lowest BCUT2D eigenvalue weighted by atomic mass is 9.97. The average Bonchev–Trinajstić information content (AvgIpc) is 2.87. The van der Waals surface area contributed by atoms with Crippen molar-refractivity contribution >= 4 is 0 Å². The van der Waals surface area contributed by atoms with E-state index in [2.05, 4.69) is 61.4 Å². The first-order valence-electron chi connectivity index (χ1n) is 6.94. The Bertz CT molecular complexity index is 573. The number of nitrogens with zero attached hydrogens (tertiary/aromatic N) is 3. The van der Waals surface area contributed by atoms with E-state index in [4.69, 9.17) is 5.84 Å². The Kier molecular flexibility index (Phi) is 4.52. The molecule has 0 spiro atoms. The highest BCUT2D eigenvalue weighted by Crippen LogP contribution is 2.22. The van der Waals surface area contributed by atoms with Crippen LogP contribution in [0.25, 0.3) is 0 Å². The van der Waals surface area contributed by atoms with Gasteiger partial charge in [-0.3, -0.25) is 11.3 Å². The van der Waals surface area contributed by atoms with E-state index >= 15 is 0 Å². The summed E-state index contributed by atoms with van der Waals surface area (Å²) in [6.45, 7) is 8.39. The van der Waals surface area contributed by atoms with Crippen molar-refractivity contribution in [2.45, 2.75) is 46.2 Å². The molecule has 0 fully saturated rings. The third-order valence-electron chi connectivity index (χ3n) is 3.53. The van der Waals surface area contributed by atoms with E-state index in [1.807, 2.05) is 4.68 Å². The van der Waals surface area contributed by atoms with Crippen LogP contribution >= 0.6 is 0 Å². The number of nitrogens with two attached hydrogens (primary N) is 1. The Morgan fingerprint density at radius 3 is 2.70 bits per heavy atom. The zero-order valence-electron chi connectivity index (χ0n) is 12.6. The summed E-state index contributed by atoms with van der Waals surface area (Å²) in [5, 5.41) is 4.27. The zero-order valence-corrected chi connectivity index (χ0v) is 12.6. The van der Waals surface area contributed by atoms with Crippen LogP contribution in [-0.2, 0) is 6.42 Å². The van der Waals surface area contributed by atoms with E-state index in [-0.39, 0.29) is 6.04 Å². The summed E-state index contributed by atoms with van der Waals surface area (Å²) < 4.78 is 1.94. The van der Waals surface area contributed by atoms with Crippen molar-refractivity contribution in [2.75, 3.05) is 0 Å². The topological polar surface area (TPSA) is 68.8 Å². The number of aromatic nitrogens is 3. The molecule has 108 valence electrons. The van der Waals surface area contributed by atoms with Gasteiger partial charge in [-0.25, -0.2) is 9.67 Å². The molecule has 0 amide bonds. The highest BCUT2D eigenvalue weighted by Gasteiger charge is 2.17. The summed E-state index contributed by atoms with van der Waals surface area (Å²) in [4.78, 5) is 4.36. The molecule has 1 aromatic heterocycles. The molecule has 0 radical (unpaired) electrons. The van der Waals surface area contributed by atoms with Gasteiger partial charge in [0.15, 0.2) is 0 Å². The maximum atomic E-state index is 5.76. The molecule has 2 rings (SSSR count). The van der Waals surface area contributed by atoms with Gasteiger partial charge in [-0.2, -0.15) is 5.10 Å². The minimum absolute atomic E-state index is 0.0385. The molecule has 3 N–H and O–H groups in total. The molecule has 5 nitrogen and oxygen atoms in total. The second kappa shape index (κ2) is 6.15. The van der Waals surface area contributed by atoms with Gasteiger partial charge < -0.3 is 0 Å². The van der Waals surface area contributed by atoms with E-state index in [0.717, 1.165) is 12.2 Å². The van der Waals surface area contributed by atoms with Crippen LogP contribution in [0.4, 0.5) is 0 Å². The molecule has 1 atom stereocenters. The van der Waals surface area contributed by atoms with Gasteiger partial charge in [0.25, 0.3) is 0 Å². The normalized spacial score (nSPS) is 12.9. The van der Waals surface area contributed by atoms with E-state index < -0.39 is 0 Å². The Morgan fingerprint density at radius 2 is 2.05 bits per heavy atom. The molecule has 0 aliphatic rings. The van der Waals surface area contributed by atoms with Crippen LogP contribution in [0.1, 0.15) is 48.4 Å². The number of aryl methyl sites for hydroxylation is 2. The molecule has 0 saturated heterocycles. The fraction of sp³-hybridized carbons (Fsp3) is 0.467. The molecule has 1 aromatic carbocycles. The SMILES string of the molecule is Cc1ccc(C)c(C(Cc2ncnn2C(C)C)NN)c1. The Labute approximate surface area is 120 Å². The first-order valence-corrected chi connectivity index (χ1v) is 6.94. The van der Waals surface area contributed by atoms with Gasteiger partial charge in [0.05, 0.1) is 6.04 Å². The molecule has 2 aromatic rings. The van der Waals surface area contributed by atoms with Crippen molar-refractivity contribution in [3.63, 3.8) is 0 Å². The van der Waals surface area contributed by atoms with Crippen molar-refractivity contribution in [3.8, 4) is 0 Å². The van der Waals surface area contributed by atoms with Crippen molar-refractivity contribution in [1.82, 2.24) is 20.2 Å². The van der Waals surface area contributed by atoms with Gasteiger partial charge in [0.1, 0.15) is 12.2 Å². The van der Waals surface area contributed by atoms with E-state index in [9.17, 15) is 0 Å². The first kappa shape index (κ1) is 14.7. The molecule has 0 aliphatic carbocycles. The summed E-state index contributed by atoms with van der Waals surface area (Å²) >= 11 is 0. The van der Waals surface area contributed by atoms with E-state index in [0.29, 0.717) is 6.04 Å². The molecule has 0 aliphatic heterocycles. The smallest absolute Gasteiger partial charge is 0.138 e. The molecule has 20 heavy (non-hydrogen) atoms. The minimum atomic E-state index is 0.0385. The second-order valence-corrected chi connectivity index (χ2v) is 5.50. The number of rotatable bonds is 5. The molecule has 5 heteroatoms. The fourth-order valence-electron chi connectivity index (χ4n) is 2.43. The van der Waals surface area contributed by atoms with Crippen molar-refractivity contribution < 1.29 is 0 Å². The first-order chi connectivity index (χ1) is 9.52. The predicted molar refractivity (Wildman–Crippen MR) is 80.1 cm³/mol. The van der Waals surface area contributed by atoms with Gasteiger partial charge in [0.2, 0.25) is 0 Å². The van der Waals surface area contributed by atoms with Crippen molar-refractivity contribution in [1.29, 1.82) is 0 Å². The number of benzene rings is 1. The van der Waals surface area contributed by atoms with E-state index in [1.54, 1.807) is 6.33 Å². The summed E-state index contributed by atoms with van der Waals surface area (Å²) in [6, 6.07) is 6.75. The van der Waals surface area contributed by atoms with Crippen LogP contribution in [0.5, 0.6) is 0 Å². The second-order valence-electron chi connectivity index (χ2n) is 5.50. The quantitative estimate of drug-likeness (QED) is 0.647. The van der Waals surface area contributed by atoms with Crippen LogP contribution in [-0.4, -0.2) is 14.8 Å². The summed E-state index contributed by atoms with van der Waals surface area (Å²) in [7, 11) is 0. The lowest BCUT2D eigenvalue weighted by Crippen LogP contribution is -2.31. The third-order valence-corrected chi connectivity index (χ3v) is 3.53. The highest BCUT2D eigenvalue weighted by atomic mass is 15.3. The van der Waals surface area contributed by atoms with Gasteiger partial charge >= 0.3 is 0 Å². The Balaban J connectivity index is 2.29. The molecular weight excluding hydrogens is 250 g/mol. The number of hydrazine groups is 1. The maximum Gasteiger partial charge on any atom is 0.138 e. The molecular formula is C15H23N5. The lowest BCUT2D eigenvalue weighted by Gasteiger charge is -2.20. The summed E-state index contributed by atoms with van der Waals surface area (Å²) in [5.74, 6) is 6.71. The summed E-state index contributed by atoms with van der Waals surface area (Å²) in [6.07, 6.45) is 2.32. The standard InChI is InChI=1S/C15H23N5/c1-10(2)20-15(17-9-18-20)8-14(19-16)13-7-11(3)5-6-12(13)4/h5-7,9-10,14,19H,8,16H2,1-4H3. The highest BCUT2D eigenvalue weighted by molar-refractivity contribution is 5.33. The minimum Gasteiger partial charge on any atom is -0.271 e. The maximum absolute atomic E-state index is 5.76. The van der Waals surface area contributed by atoms with Crippen molar-refractivity contribution in [3.05, 3.63) is 47.0 Å². The largest absolute Gasteiger partial charge is 0.271 e. The predicted octanol–water partition coefficient (Wildman–Crippen LogP) is 2.22. The van der Waals surface area contributed by atoms with Crippen LogP contribution in [0.15, 0.2) is 24.5 Å². The molecule has 1 unspecified atom stereocenters. The van der Waals surface area contributed by atoms with Crippen LogP contribution in [0, 0.1) is 13.8 Å². The lowest BCUT2D eigenvalue weighted by molar-refractivity contribution is 0.467. The monoisotopic (exact) mass is 273 g/mol. The van der Waals surface area contributed by atoms with Crippen LogP contribution in [0.3, 0.4) is 0 Å². The van der Waals surface area contributed by atoms with Crippen LogP contribution < -0.4 is 11.3 Å². The average molecular weight is 273 g/mol. The molecule has 0 bridgehead atoms. The van der Waals surface area contributed by atoms with Gasteiger partial charge in [-0.1, -0.05) is 23.8 Å². The third kappa shape index (κ3) is 3.05. The number of nitrogens with one attached hydrogen (secondary N) is 1. The van der Waals surface area contributed by atoms with E-state index in [1.165, 1.54) is 16.7 Å². The zero-order chi connectivity index (χ0) is 14.7. The van der Waals surface area contributed by atoms with Gasteiger partial charge in [-0.15, -0.1) is 0 Å².